The predicted molar refractivity (Wildman–Crippen MR) is 118 cm³/mol. The Morgan fingerprint density at radius 2 is 1.39 bits per heavy atom. The van der Waals surface area contributed by atoms with Crippen LogP contribution in [0, 0.1) is 0 Å². The maximum absolute atomic E-state index is 14.3. The first kappa shape index (κ1) is 28.9. The average molecular weight is 571 g/mol. The third-order valence-electron chi connectivity index (χ3n) is 5.97. The summed E-state index contributed by atoms with van der Waals surface area (Å²) in [5.74, 6) is -15.0. The minimum atomic E-state index is -7.34. The number of aryl methyl sites for hydroxylation is 1. The quantitative estimate of drug-likeness (QED) is 0.289. The molecule has 1 fully saturated rings. The third kappa shape index (κ3) is 4.80. The van der Waals surface area contributed by atoms with E-state index in [4.69, 9.17) is 0 Å². The number of unbranched alkanes of at least 4 members (excludes halogenated alkanes) is 1. The third-order valence-corrected chi connectivity index (χ3v) is 11.6. The van der Waals surface area contributed by atoms with E-state index in [9.17, 15) is 47.9 Å². The highest BCUT2D eigenvalue weighted by Crippen LogP contribution is 2.65. The lowest BCUT2D eigenvalue weighted by atomic mass is 10.0. The van der Waals surface area contributed by atoms with Gasteiger partial charge in [-0.1, -0.05) is 47.9 Å². The highest BCUT2D eigenvalue weighted by Gasteiger charge is 2.86. The molecule has 1 aliphatic rings. The van der Waals surface area contributed by atoms with Gasteiger partial charge in [0.25, 0.3) is 0 Å². The molecule has 1 aliphatic heterocycles. The Bertz CT molecular complexity index is 1200. The Morgan fingerprint density at radius 1 is 0.833 bits per heavy atom. The molecule has 0 atom stereocenters. The summed E-state index contributed by atoms with van der Waals surface area (Å²) in [5.41, 5.74) is 1.02. The molecule has 0 radical (unpaired) electrons. The summed E-state index contributed by atoms with van der Waals surface area (Å²) in [6.45, 7) is 2.02. The van der Waals surface area contributed by atoms with Gasteiger partial charge in [0.15, 0.2) is 0 Å². The Kier molecular flexibility index (Phi) is 7.68. The Balaban J connectivity index is 2.01. The van der Waals surface area contributed by atoms with Crippen molar-refractivity contribution in [2.45, 2.75) is 67.2 Å². The normalized spacial score (nSPS) is 18.5. The van der Waals surface area contributed by atoms with E-state index in [0.717, 1.165) is 30.2 Å². The summed E-state index contributed by atoms with van der Waals surface area (Å²) in [5, 5.41) is -5.58. The first-order valence-corrected chi connectivity index (χ1v) is 14.2. The molecule has 0 saturated carbocycles. The fraction of sp³-hybridized carbons (Fsp3) is 0.545. The minimum Gasteiger partial charge on any atom is -0.211 e. The lowest BCUT2D eigenvalue weighted by molar-refractivity contribution is -0.382. The van der Waals surface area contributed by atoms with Gasteiger partial charge in [-0.25, -0.2) is 3.63 Å². The number of hydrogen-bond donors (Lipinski definition) is 0. The summed E-state index contributed by atoms with van der Waals surface area (Å²) in [6, 6.07) is 9.76. The fourth-order valence-corrected chi connectivity index (χ4v) is 9.58. The van der Waals surface area contributed by atoms with E-state index < -0.39 is 43.7 Å². The van der Waals surface area contributed by atoms with Crippen LogP contribution in [0.2, 0.25) is 0 Å². The maximum Gasteiger partial charge on any atom is 0.460 e. The van der Waals surface area contributed by atoms with Crippen molar-refractivity contribution < 1.29 is 51.6 Å². The Morgan fingerprint density at radius 3 is 1.94 bits per heavy atom. The van der Waals surface area contributed by atoms with Gasteiger partial charge in [-0.15, -0.1) is 0 Å². The predicted octanol–water partition coefficient (Wildman–Crippen LogP) is 7.83. The van der Waals surface area contributed by atoms with E-state index in [1.807, 2.05) is 19.1 Å². The second-order valence-corrected chi connectivity index (χ2v) is 13.4. The molecule has 0 aliphatic carbocycles. The molecule has 2 aromatic rings. The number of halogens is 9. The number of hydrogen-bond acceptors (Lipinski definition) is 3. The summed E-state index contributed by atoms with van der Waals surface area (Å²) in [6.07, 6.45) is -3.93. The molecule has 3 rings (SSSR count). The molecule has 0 spiro atoms. The molecule has 1 heterocycles. The van der Waals surface area contributed by atoms with Crippen molar-refractivity contribution in [3.63, 3.8) is 0 Å². The van der Waals surface area contributed by atoms with Crippen LogP contribution < -0.4 is 0 Å². The van der Waals surface area contributed by atoms with E-state index in [1.165, 1.54) is 12.1 Å². The highest BCUT2D eigenvalue weighted by molar-refractivity contribution is 8.33. The number of alkyl halides is 9. The molecule has 1 saturated heterocycles. The van der Waals surface area contributed by atoms with Gasteiger partial charge in [0.1, 0.15) is 0 Å². The van der Waals surface area contributed by atoms with Crippen LogP contribution in [0.1, 0.15) is 38.2 Å². The molecular formula is C22H23F9O3S2. The first-order chi connectivity index (χ1) is 16.4. The molecule has 3 nitrogen and oxygen atoms in total. The zero-order valence-electron chi connectivity index (χ0n) is 18.9. The van der Waals surface area contributed by atoms with Crippen LogP contribution >= 0.6 is 10.3 Å². The summed E-state index contributed by atoms with van der Waals surface area (Å²) >= 11 is 0. The molecule has 0 aromatic heterocycles. The Labute approximate surface area is 203 Å². The molecule has 0 unspecified atom stereocenters. The lowest BCUT2D eigenvalue weighted by Gasteiger charge is -2.38. The minimum absolute atomic E-state index is 0.0825. The summed E-state index contributed by atoms with van der Waals surface area (Å²) in [4.78, 5) is 0.0825. The number of fused-ring (bicyclic) bond motifs is 1. The highest BCUT2D eigenvalue weighted by atomic mass is 32.3. The standard InChI is InChI=1S/C22H23F9O3S2/c1-2-3-6-15-7-8-17-14-18(10-9-16(17)13-15)35(11-4-5-12-35)34-36(32,33)22(30,31)20(25,26)19(23,24)21(27,28)29/h7-10,13-14H,2-6,11-12H2,1H3. The van der Waals surface area contributed by atoms with Crippen molar-refractivity contribution in [3.8, 4) is 0 Å². The van der Waals surface area contributed by atoms with Gasteiger partial charge in [-0.2, -0.15) is 47.9 Å². The molecule has 0 amide bonds. The average Bonchev–Trinajstić information content (AvgIpc) is 3.25. The topological polar surface area (TPSA) is 43.4 Å². The largest absolute Gasteiger partial charge is 0.460 e. The van der Waals surface area contributed by atoms with E-state index in [-0.39, 0.29) is 29.2 Å². The molecule has 36 heavy (non-hydrogen) atoms. The van der Waals surface area contributed by atoms with Crippen LogP contribution in [-0.4, -0.2) is 43.2 Å². The van der Waals surface area contributed by atoms with Gasteiger partial charge in [-0.3, -0.25) is 0 Å². The van der Waals surface area contributed by atoms with Gasteiger partial charge in [0, 0.05) is 16.4 Å². The van der Waals surface area contributed by atoms with Gasteiger partial charge in [-0.05, 0) is 54.2 Å². The van der Waals surface area contributed by atoms with Crippen LogP contribution in [0.4, 0.5) is 39.5 Å². The van der Waals surface area contributed by atoms with Crippen molar-refractivity contribution >= 4 is 31.2 Å². The monoisotopic (exact) mass is 570 g/mol. The van der Waals surface area contributed by atoms with Crippen molar-refractivity contribution in [1.82, 2.24) is 0 Å². The van der Waals surface area contributed by atoms with Crippen molar-refractivity contribution in [2.24, 2.45) is 0 Å². The zero-order valence-corrected chi connectivity index (χ0v) is 20.5. The first-order valence-electron chi connectivity index (χ1n) is 10.9. The molecule has 0 N–H and O–H groups in total. The van der Waals surface area contributed by atoms with Crippen molar-refractivity contribution in [2.75, 3.05) is 11.5 Å². The molecule has 2 aromatic carbocycles. The van der Waals surface area contributed by atoms with Gasteiger partial charge >= 0.3 is 33.4 Å². The molecule has 0 bridgehead atoms. The molecular weight excluding hydrogens is 547 g/mol. The number of rotatable bonds is 9. The van der Waals surface area contributed by atoms with Gasteiger partial charge < -0.3 is 0 Å². The van der Waals surface area contributed by atoms with E-state index in [1.54, 1.807) is 12.1 Å². The van der Waals surface area contributed by atoms with Crippen LogP contribution in [0.15, 0.2) is 41.3 Å². The summed E-state index contributed by atoms with van der Waals surface area (Å²) in [7, 11) is -10.2. The SMILES string of the molecule is CCCCc1ccc2cc(S3(OS(=O)(=O)C(F)(F)C(F)(F)C(F)(F)C(F)(F)F)CCCC3)ccc2c1. The van der Waals surface area contributed by atoms with Crippen LogP contribution in [0.25, 0.3) is 10.8 Å². The van der Waals surface area contributed by atoms with E-state index >= 15 is 0 Å². The summed E-state index contributed by atoms with van der Waals surface area (Å²) < 4.78 is 149. The Hall–Kier alpha value is -1.67. The van der Waals surface area contributed by atoms with Crippen LogP contribution in [0.3, 0.4) is 0 Å². The van der Waals surface area contributed by atoms with E-state index in [2.05, 4.69) is 3.63 Å². The van der Waals surface area contributed by atoms with Crippen LogP contribution in [0.5, 0.6) is 0 Å². The molecule has 204 valence electrons. The van der Waals surface area contributed by atoms with Gasteiger partial charge in [0.05, 0.1) is 0 Å². The maximum atomic E-state index is 14.3. The van der Waals surface area contributed by atoms with Crippen molar-refractivity contribution in [3.05, 3.63) is 42.0 Å². The molecule has 14 heteroatoms. The van der Waals surface area contributed by atoms with Crippen molar-refractivity contribution in [1.29, 1.82) is 0 Å². The van der Waals surface area contributed by atoms with Gasteiger partial charge in [0.2, 0.25) is 0 Å². The second kappa shape index (κ2) is 9.57. The fourth-order valence-electron chi connectivity index (χ4n) is 3.89. The second-order valence-electron chi connectivity index (χ2n) is 8.56. The number of benzene rings is 2. The smallest absolute Gasteiger partial charge is 0.211 e. The lowest BCUT2D eigenvalue weighted by Crippen LogP contribution is -2.63. The zero-order chi connectivity index (χ0) is 27.2. The van der Waals surface area contributed by atoms with E-state index in [0.29, 0.717) is 5.39 Å². The van der Waals surface area contributed by atoms with Crippen LogP contribution in [-0.2, 0) is 20.2 Å².